The fourth-order valence-corrected chi connectivity index (χ4v) is 4.35. The number of rotatable bonds is 0. The molecule has 0 aliphatic rings. The van der Waals surface area contributed by atoms with Crippen molar-refractivity contribution in [3.63, 3.8) is 0 Å². The molecule has 0 unspecified atom stereocenters. The summed E-state index contributed by atoms with van der Waals surface area (Å²) in [5, 5.41) is 0. The smallest absolute Gasteiger partial charge is 0.0809 e. The van der Waals surface area contributed by atoms with Gasteiger partial charge in [-0.15, -0.1) is 11.3 Å². The van der Waals surface area contributed by atoms with Crippen molar-refractivity contribution < 1.29 is 0 Å². The van der Waals surface area contributed by atoms with Gasteiger partial charge in [-0.1, -0.05) is 0 Å². The molecular formula is C5H3BrI2S. The highest BCUT2D eigenvalue weighted by Crippen LogP contribution is 2.34. The molecule has 0 aliphatic carbocycles. The summed E-state index contributed by atoms with van der Waals surface area (Å²) in [7, 11) is 0. The largest absolute Gasteiger partial charge is 0.132 e. The maximum atomic E-state index is 3.50. The van der Waals surface area contributed by atoms with E-state index in [9.17, 15) is 0 Å². The summed E-state index contributed by atoms with van der Waals surface area (Å²) in [6, 6.07) is 0. The fourth-order valence-electron chi connectivity index (χ4n) is 0.465. The van der Waals surface area contributed by atoms with Gasteiger partial charge >= 0.3 is 0 Å². The molecule has 0 amide bonds. The van der Waals surface area contributed by atoms with Gasteiger partial charge in [0.25, 0.3) is 0 Å². The molecule has 50 valence electrons. The highest BCUT2D eigenvalue weighted by molar-refractivity contribution is 14.1. The van der Waals surface area contributed by atoms with Crippen LogP contribution in [0.15, 0.2) is 4.47 Å². The molecule has 1 rings (SSSR count). The van der Waals surface area contributed by atoms with Gasteiger partial charge in [0.2, 0.25) is 0 Å². The van der Waals surface area contributed by atoms with Crippen LogP contribution in [0.25, 0.3) is 0 Å². The minimum absolute atomic E-state index is 1.26. The molecule has 1 aromatic rings. The molecule has 0 aliphatic heterocycles. The summed E-state index contributed by atoms with van der Waals surface area (Å²) in [6.07, 6.45) is 0. The lowest BCUT2D eigenvalue weighted by atomic mass is 10.5. The molecule has 0 saturated heterocycles. The second-order valence-corrected chi connectivity index (χ2v) is 6.47. The maximum Gasteiger partial charge on any atom is 0.0809 e. The molecule has 1 heterocycles. The van der Waals surface area contributed by atoms with Crippen LogP contribution in [-0.4, -0.2) is 0 Å². The van der Waals surface area contributed by atoms with Crippen molar-refractivity contribution in [1.82, 2.24) is 0 Å². The summed E-state index contributed by atoms with van der Waals surface area (Å²) >= 11 is 10.0. The zero-order valence-electron chi connectivity index (χ0n) is 4.54. The van der Waals surface area contributed by atoms with Crippen molar-refractivity contribution in [1.29, 1.82) is 0 Å². The Morgan fingerprint density at radius 1 is 1.44 bits per heavy atom. The van der Waals surface area contributed by atoms with Crippen molar-refractivity contribution >= 4 is 72.4 Å². The molecule has 0 radical (unpaired) electrons. The first-order valence-corrected chi connectivity index (χ1v) is 5.99. The first-order valence-electron chi connectivity index (χ1n) is 2.23. The van der Waals surface area contributed by atoms with Crippen LogP contribution in [0.1, 0.15) is 4.88 Å². The van der Waals surface area contributed by atoms with E-state index in [0.717, 1.165) is 0 Å². The summed E-state index contributed by atoms with van der Waals surface area (Å²) in [4.78, 5) is 1.40. The highest BCUT2D eigenvalue weighted by atomic mass is 127. The molecule has 0 N–H and O–H groups in total. The second kappa shape index (κ2) is 3.36. The van der Waals surface area contributed by atoms with Crippen LogP contribution in [-0.2, 0) is 0 Å². The average Bonchev–Trinajstić information content (AvgIpc) is 1.98. The van der Waals surface area contributed by atoms with Crippen molar-refractivity contribution in [3.05, 3.63) is 15.8 Å². The Labute approximate surface area is 93.8 Å². The molecule has 0 bridgehead atoms. The van der Waals surface area contributed by atoms with Crippen molar-refractivity contribution in [2.45, 2.75) is 6.92 Å². The van der Waals surface area contributed by atoms with Crippen LogP contribution in [0.5, 0.6) is 0 Å². The van der Waals surface area contributed by atoms with E-state index in [-0.39, 0.29) is 0 Å². The van der Waals surface area contributed by atoms with Crippen LogP contribution in [0, 0.1) is 13.4 Å². The van der Waals surface area contributed by atoms with E-state index in [0.29, 0.717) is 0 Å². The minimum Gasteiger partial charge on any atom is -0.132 e. The Hall–Kier alpha value is 1.64. The molecule has 0 atom stereocenters. The van der Waals surface area contributed by atoms with E-state index in [1.807, 2.05) is 11.3 Å². The van der Waals surface area contributed by atoms with Gasteiger partial charge < -0.3 is 0 Å². The predicted molar refractivity (Wildman–Crippen MR) is 62.2 cm³/mol. The molecule has 1 aromatic heterocycles. The third-order valence-electron chi connectivity index (χ3n) is 0.917. The van der Waals surface area contributed by atoms with Gasteiger partial charge in [0, 0.05) is 8.45 Å². The molecule has 0 spiro atoms. The normalized spacial score (nSPS) is 10.2. The van der Waals surface area contributed by atoms with E-state index in [1.165, 1.54) is 15.8 Å². The molecule has 0 nitrogen and oxygen atoms in total. The van der Waals surface area contributed by atoms with Gasteiger partial charge in [-0.25, -0.2) is 0 Å². The lowest BCUT2D eigenvalue weighted by molar-refractivity contribution is 1.55. The Morgan fingerprint density at radius 2 is 2.00 bits per heavy atom. The van der Waals surface area contributed by atoms with Crippen molar-refractivity contribution in [3.8, 4) is 0 Å². The Kier molecular flexibility index (Phi) is 3.26. The van der Waals surface area contributed by atoms with Gasteiger partial charge in [-0.3, -0.25) is 0 Å². The van der Waals surface area contributed by atoms with Crippen LogP contribution in [0.3, 0.4) is 0 Å². The van der Waals surface area contributed by atoms with Crippen LogP contribution in [0.4, 0.5) is 0 Å². The van der Waals surface area contributed by atoms with E-state index in [2.05, 4.69) is 68.0 Å². The number of hydrogen-bond donors (Lipinski definition) is 0. The van der Waals surface area contributed by atoms with Gasteiger partial charge in [-0.2, -0.15) is 0 Å². The Bertz CT molecular complexity index is 209. The van der Waals surface area contributed by atoms with Crippen molar-refractivity contribution in [2.24, 2.45) is 0 Å². The van der Waals surface area contributed by atoms with E-state index in [4.69, 9.17) is 0 Å². The molecule has 0 fully saturated rings. The zero-order valence-corrected chi connectivity index (χ0v) is 11.3. The quantitative estimate of drug-likeness (QED) is 0.547. The zero-order chi connectivity index (χ0) is 7.02. The first kappa shape index (κ1) is 8.73. The topological polar surface area (TPSA) is 0 Å². The molecule has 0 saturated carbocycles. The van der Waals surface area contributed by atoms with Crippen LogP contribution in [0.2, 0.25) is 0 Å². The first-order chi connectivity index (χ1) is 4.13. The molecular weight excluding hydrogens is 426 g/mol. The summed E-state index contributed by atoms with van der Waals surface area (Å²) in [5.74, 6) is 0. The lowest BCUT2D eigenvalue weighted by Gasteiger charge is -1.83. The van der Waals surface area contributed by atoms with E-state index in [1.54, 1.807) is 0 Å². The van der Waals surface area contributed by atoms with E-state index < -0.39 is 0 Å². The number of hydrogen-bond acceptors (Lipinski definition) is 1. The predicted octanol–water partition coefficient (Wildman–Crippen LogP) is 4.03. The molecule has 9 heavy (non-hydrogen) atoms. The van der Waals surface area contributed by atoms with Gasteiger partial charge in [0.05, 0.1) is 7.36 Å². The number of aryl methyl sites for hydroxylation is 1. The fraction of sp³-hybridized carbons (Fsp3) is 0.200. The number of thiophene rings is 1. The second-order valence-electron chi connectivity index (χ2n) is 1.56. The van der Waals surface area contributed by atoms with Gasteiger partial charge in [-0.05, 0) is 68.0 Å². The van der Waals surface area contributed by atoms with Crippen LogP contribution < -0.4 is 0 Å². The Balaban J connectivity index is 3.29. The molecule has 4 heteroatoms. The minimum atomic E-state index is 1.26. The molecule has 0 aromatic carbocycles. The average molecular weight is 429 g/mol. The SMILES string of the molecule is Cc1sc(I)c(Br)c1I. The summed E-state index contributed by atoms with van der Waals surface area (Å²) in [6.45, 7) is 2.14. The highest BCUT2D eigenvalue weighted by Gasteiger charge is 2.07. The summed E-state index contributed by atoms with van der Waals surface area (Å²) < 4.78 is 3.95. The van der Waals surface area contributed by atoms with Gasteiger partial charge in [0.15, 0.2) is 0 Å². The monoisotopic (exact) mass is 428 g/mol. The standard InChI is InChI=1S/C5H3BrI2S/c1-2-4(7)3(6)5(8)9-2/h1H3. The Morgan fingerprint density at radius 3 is 2.11 bits per heavy atom. The third kappa shape index (κ3) is 1.81. The third-order valence-corrected chi connectivity index (χ3v) is 7.26. The van der Waals surface area contributed by atoms with Gasteiger partial charge in [0.1, 0.15) is 0 Å². The lowest BCUT2D eigenvalue weighted by Crippen LogP contribution is -1.66. The van der Waals surface area contributed by atoms with Crippen LogP contribution >= 0.6 is 72.4 Å². The maximum absolute atomic E-state index is 3.50. The number of halogens is 3. The summed E-state index contributed by atoms with van der Waals surface area (Å²) in [5.41, 5.74) is 0. The van der Waals surface area contributed by atoms with Crippen molar-refractivity contribution in [2.75, 3.05) is 0 Å². The van der Waals surface area contributed by atoms with E-state index >= 15 is 0 Å².